The molecule has 162 valence electrons. The Kier molecular flexibility index (Phi) is 4.82. The van der Waals surface area contributed by atoms with E-state index in [9.17, 15) is 9.90 Å². The molecule has 0 bridgehead atoms. The Balaban J connectivity index is 1.70. The molecule has 7 atom stereocenters. The standard InChI is InChI=1S/C27H42O2/c1-17(16-18(2)28)26(6)14-11-21-19-8-9-22-24(3,4)23(29)12-13-25(22,5)20(19)10-15-27(21,26)7/h8,11,17,20,22-23,29H,9-10,12-16H2,1-7H3/t17-,20-,22-,23-,25-,26+,27-/m1/s1. The minimum Gasteiger partial charge on any atom is -0.393 e. The molecule has 0 aromatic carbocycles. The van der Waals surface area contributed by atoms with Crippen molar-refractivity contribution in [3.8, 4) is 0 Å². The highest BCUT2D eigenvalue weighted by molar-refractivity contribution is 5.75. The van der Waals surface area contributed by atoms with E-state index in [0.29, 0.717) is 35.4 Å². The van der Waals surface area contributed by atoms with Gasteiger partial charge in [-0.05, 0) is 96.0 Å². The summed E-state index contributed by atoms with van der Waals surface area (Å²) in [5, 5.41) is 10.7. The number of Topliss-reactive ketones (excluding diaryl/α,β-unsaturated/α-hetero) is 1. The summed E-state index contributed by atoms with van der Waals surface area (Å²) in [5.41, 5.74) is 3.86. The molecule has 4 aliphatic rings. The van der Waals surface area contributed by atoms with E-state index in [-0.39, 0.29) is 22.3 Å². The quantitative estimate of drug-likeness (QED) is 0.590. The zero-order valence-electron chi connectivity index (χ0n) is 19.8. The number of allylic oxidation sites excluding steroid dienone is 4. The van der Waals surface area contributed by atoms with Gasteiger partial charge >= 0.3 is 0 Å². The minimum absolute atomic E-state index is 0.00957. The molecule has 2 saturated carbocycles. The van der Waals surface area contributed by atoms with E-state index in [1.807, 2.05) is 0 Å². The van der Waals surface area contributed by atoms with Crippen molar-refractivity contribution >= 4 is 5.78 Å². The number of rotatable bonds is 3. The minimum atomic E-state index is -0.175. The zero-order valence-corrected chi connectivity index (χ0v) is 19.8. The van der Waals surface area contributed by atoms with E-state index in [1.165, 1.54) is 12.8 Å². The second kappa shape index (κ2) is 6.55. The average Bonchev–Trinajstić information content (AvgIpc) is 2.91. The van der Waals surface area contributed by atoms with E-state index < -0.39 is 0 Å². The first-order chi connectivity index (χ1) is 13.4. The van der Waals surface area contributed by atoms with Crippen LogP contribution in [0.4, 0.5) is 0 Å². The second-order valence-electron chi connectivity index (χ2n) is 12.3. The van der Waals surface area contributed by atoms with Gasteiger partial charge in [0.1, 0.15) is 5.78 Å². The summed E-state index contributed by atoms with van der Waals surface area (Å²) in [6.07, 6.45) is 12.4. The first-order valence-corrected chi connectivity index (χ1v) is 12.0. The van der Waals surface area contributed by atoms with Gasteiger partial charge in [0.25, 0.3) is 0 Å². The van der Waals surface area contributed by atoms with Gasteiger partial charge in [-0.25, -0.2) is 0 Å². The molecule has 0 aromatic heterocycles. The maximum Gasteiger partial charge on any atom is 0.130 e. The fraction of sp³-hybridized carbons (Fsp3) is 0.815. The van der Waals surface area contributed by atoms with Crippen molar-refractivity contribution < 1.29 is 9.90 Å². The van der Waals surface area contributed by atoms with Crippen molar-refractivity contribution in [3.63, 3.8) is 0 Å². The largest absolute Gasteiger partial charge is 0.393 e. The normalized spacial score (nSPS) is 46.7. The van der Waals surface area contributed by atoms with Gasteiger partial charge in [0.05, 0.1) is 6.10 Å². The van der Waals surface area contributed by atoms with Crippen molar-refractivity contribution in [3.05, 3.63) is 23.3 Å². The summed E-state index contributed by atoms with van der Waals surface area (Å²) in [6, 6.07) is 0. The van der Waals surface area contributed by atoms with Crippen LogP contribution >= 0.6 is 0 Å². The first-order valence-electron chi connectivity index (χ1n) is 12.0. The van der Waals surface area contributed by atoms with E-state index >= 15 is 0 Å². The molecular weight excluding hydrogens is 356 g/mol. The molecule has 4 rings (SSSR count). The summed E-state index contributed by atoms with van der Waals surface area (Å²) in [7, 11) is 0. The number of fused-ring (bicyclic) bond motifs is 5. The molecule has 0 aliphatic heterocycles. The van der Waals surface area contributed by atoms with E-state index in [1.54, 1.807) is 18.1 Å². The highest BCUT2D eigenvalue weighted by Crippen LogP contribution is 2.70. The number of carbonyl (C=O) groups excluding carboxylic acids is 1. The third-order valence-corrected chi connectivity index (χ3v) is 10.8. The Labute approximate surface area is 178 Å². The van der Waals surface area contributed by atoms with Crippen LogP contribution in [-0.4, -0.2) is 17.0 Å². The van der Waals surface area contributed by atoms with Gasteiger partial charge in [-0.3, -0.25) is 0 Å². The Hall–Kier alpha value is -0.890. The molecule has 0 spiro atoms. The molecule has 0 saturated heterocycles. The predicted molar refractivity (Wildman–Crippen MR) is 119 cm³/mol. The van der Waals surface area contributed by atoms with Crippen LogP contribution < -0.4 is 0 Å². The van der Waals surface area contributed by atoms with Gasteiger partial charge < -0.3 is 9.90 Å². The summed E-state index contributed by atoms with van der Waals surface area (Å²) in [5.74, 6) is 1.91. The van der Waals surface area contributed by atoms with Crippen LogP contribution in [0, 0.1) is 39.4 Å². The van der Waals surface area contributed by atoms with Gasteiger partial charge in [0.2, 0.25) is 0 Å². The molecule has 2 nitrogen and oxygen atoms in total. The third kappa shape index (κ3) is 2.73. The van der Waals surface area contributed by atoms with Crippen LogP contribution in [0.2, 0.25) is 0 Å². The lowest BCUT2D eigenvalue weighted by molar-refractivity contribution is -0.122. The average molecular weight is 399 g/mol. The molecular formula is C27H42O2. The first kappa shape index (κ1) is 21.3. The van der Waals surface area contributed by atoms with Gasteiger partial charge in [-0.2, -0.15) is 0 Å². The Morgan fingerprint density at radius 2 is 1.83 bits per heavy atom. The van der Waals surface area contributed by atoms with Crippen molar-refractivity contribution in [2.45, 2.75) is 99.5 Å². The van der Waals surface area contributed by atoms with Crippen LogP contribution in [-0.2, 0) is 4.79 Å². The summed E-state index contributed by atoms with van der Waals surface area (Å²) < 4.78 is 0. The molecule has 0 heterocycles. The molecule has 2 fully saturated rings. The molecule has 0 amide bonds. The van der Waals surface area contributed by atoms with Gasteiger partial charge in [0, 0.05) is 6.42 Å². The summed E-state index contributed by atoms with van der Waals surface area (Å²) in [6.45, 7) is 16.1. The summed E-state index contributed by atoms with van der Waals surface area (Å²) in [4.78, 5) is 11.9. The molecule has 0 aromatic rings. The summed E-state index contributed by atoms with van der Waals surface area (Å²) >= 11 is 0. The highest BCUT2D eigenvalue weighted by atomic mass is 16.3. The van der Waals surface area contributed by atoms with E-state index in [0.717, 1.165) is 25.7 Å². The number of aliphatic hydroxyl groups excluding tert-OH is 1. The number of hydrogen-bond acceptors (Lipinski definition) is 2. The maximum atomic E-state index is 11.9. The fourth-order valence-corrected chi connectivity index (χ4v) is 8.35. The Morgan fingerprint density at radius 3 is 2.48 bits per heavy atom. The van der Waals surface area contributed by atoms with Crippen LogP contribution in [0.15, 0.2) is 23.3 Å². The predicted octanol–water partition coefficient (Wildman–Crippen LogP) is 6.49. The molecule has 0 radical (unpaired) electrons. The fourth-order valence-electron chi connectivity index (χ4n) is 8.35. The van der Waals surface area contributed by atoms with Crippen molar-refractivity contribution in [1.82, 2.24) is 0 Å². The lowest BCUT2D eigenvalue weighted by Crippen LogP contribution is -2.56. The van der Waals surface area contributed by atoms with E-state index in [4.69, 9.17) is 0 Å². The SMILES string of the molecule is CC(=O)C[C@@H](C)[C@]1(C)CC=C2C3=CC[C@@H]4C(C)(C)[C@H](O)CC[C@]4(C)[C@@H]3CC[C@]21C. The Morgan fingerprint density at radius 1 is 1.14 bits per heavy atom. The van der Waals surface area contributed by atoms with Crippen molar-refractivity contribution in [2.75, 3.05) is 0 Å². The van der Waals surface area contributed by atoms with Gasteiger partial charge in [-0.1, -0.05) is 53.7 Å². The smallest absolute Gasteiger partial charge is 0.130 e. The van der Waals surface area contributed by atoms with Gasteiger partial charge in [0.15, 0.2) is 0 Å². The van der Waals surface area contributed by atoms with Crippen LogP contribution in [0.5, 0.6) is 0 Å². The van der Waals surface area contributed by atoms with Crippen molar-refractivity contribution in [2.24, 2.45) is 39.4 Å². The number of ketones is 1. The van der Waals surface area contributed by atoms with Crippen LogP contribution in [0.25, 0.3) is 0 Å². The number of aliphatic hydroxyl groups is 1. The molecule has 2 heteroatoms. The molecule has 1 N–H and O–H groups in total. The van der Waals surface area contributed by atoms with Crippen LogP contribution in [0.1, 0.15) is 93.4 Å². The lowest BCUT2D eigenvalue weighted by atomic mass is 9.43. The zero-order chi connectivity index (χ0) is 21.4. The molecule has 29 heavy (non-hydrogen) atoms. The molecule has 4 aliphatic carbocycles. The molecule has 0 unspecified atom stereocenters. The topological polar surface area (TPSA) is 37.3 Å². The lowest BCUT2D eigenvalue weighted by Gasteiger charge is -2.62. The highest BCUT2D eigenvalue weighted by Gasteiger charge is 2.61. The van der Waals surface area contributed by atoms with Gasteiger partial charge in [-0.15, -0.1) is 0 Å². The Bertz CT molecular complexity index is 773. The van der Waals surface area contributed by atoms with E-state index in [2.05, 4.69) is 53.7 Å². The second-order valence-corrected chi connectivity index (χ2v) is 12.3. The number of hydrogen-bond donors (Lipinski definition) is 1. The third-order valence-electron chi connectivity index (χ3n) is 10.8. The number of carbonyl (C=O) groups is 1. The van der Waals surface area contributed by atoms with Crippen molar-refractivity contribution in [1.29, 1.82) is 0 Å². The maximum absolute atomic E-state index is 11.9. The monoisotopic (exact) mass is 398 g/mol. The van der Waals surface area contributed by atoms with Crippen LogP contribution in [0.3, 0.4) is 0 Å².